The van der Waals surface area contributed by atoms with Gasteiger partial charge in [-0.05, 0) is 41.5 Å². The van der Waals surface area contributed by atoms with Crippen LogP contribution in [0.15, 0.2) is 42.5 Å². The van der Waals surface area contributed by atoms with Crippen molar-refractivity contribution in [2.45, 2.75) is 18.5 Å². The summed E-state index contributed by atoms with van der Waals surface area (Å²) in [7, 11) is 5.02. The van der Waals surface area contributed by atoms with Gasteiger partial charge in [-0.25, -0.2) is 0 Å². The maximum atomic E-state index is 13.0. The molecular formula is C22H21N3O3S. The second-order valence-corrected chi connectivity index (χ2v) is 7.78. The molecule has 7 heteroatoms. The first-order valence-corrected chi connectivity index (χ1v) is 9.86. The number of amides is 1. The van der Waals surface area contributed by atoms with Gasteiger partial charge in [0.1, 0.15) is 17.5 Å². The van der Waals surface area contributed by atoms with Crippen LogP contribution in [0, 0.1) is 0 Å². The summed E-state index contributed by atoms with van der Waals surface area (Å²) in [4.78, 5) is 20.2. The summed E-state index contributed by atoms with van der Waals surface area (Å²) >= 11 is 5.68. The van der Waals surface area contributed by atoms with Crippen molar-refractivity contribution in [1.29, 1.82) is 0 Å². The highest BCUT2D eigenvalue weighted by Crippen LogP contribution is 2.45. The molecule has 3 aromatic rings. The van der Waals surface area contributed by atoms with Crippen LogP contribution in [0.2, 0.25) is 0 Å². The molecule has 1 saturated heterocycles. The molecule has 0 radical (unpaired) electrons. The van der Waals surface area contributed by atoms with Gasteiger partial charge in [0.2, 0.25) is 0 Å². The van der Waals surface area contributed by atoms with E-state index in [-0.39, 0.29) is 18.0 Å². The molecule has 0 spiro atoms. The molecule has 2 aromatic carbocycles. The largest absolute Gasteiger partial charge is 0.497 e. The van der Waals surface area contributed by atoms with Gasteiger partial charge in [-0.15, -0.1) is 0 Å². The molecule has 0 bridgehead atoms. The van der Waals surface area contributed by atoms with E-state index in [0.29, 0.717) is 23.0 Å². The van der Waals surface area contributed by atoms with E-state index >= 15 is 0 Å². The fraction of sp³-hybridized carbons (Fsp3) is 0.273. The molecule has 1 fully saturated rings. The Morgan fingerprint density at radius 2 is 1.79 bits per heavy atom. The third-order valence-corrected chi connectivity index (χ3v) is 6.43. The van der Waals surface area contributed by atoms with Crippen LogP contribution in [0.25, 0.3) is 10.9 Å². The van der Waals surface area contributed by atoms with E-state index < -0.39 is 0 Å². The van der Waals surface area contributed by atoms with Gasteiger partial charge in [0, 0.05) is 36.1 Å². The van der Waals surface area contributed by atoms with Crippen LogP contribution in [0.3, 0.4) is 0 Å². The highest BCUT2D eigenvalue weighted by atomic mass is 32.1. The van der Waals surface area contributed by atoms with Crippen molar-refractivity contribution in [3.8, 4) is 11.5 Å². The monoisotopic (exact) mass is 407 g/mol. The van der Waals surface area contributed by atoms with Gasteiger partial charge in [-0.2, -0.15) is 0 Å². The number of methoxy groups -OCH3 is 2. The van der Waals surface area contributed by atoms with Crippen LogP contribution >= 0.6 is 12.2 Å². The number of likely N-dealkylation sites (N-methyl/N-ethyl adjacent to an activating group) is 1. The van der Waals surface area contributed by atoms with Crippen molar-refractivity contribution in [3.63, 3.8) is 0 Å². The number of nitrogens with one attached hydrogen (secondary N) is 1. The molecule has 148 valence electrons. The highest BCUT2D eigenvalue weighted by molar-refractivity contribution is 7.80. The lowest BCUT2D eigenvalue weighted by molar-refractivity contribution is -0.127. The minimum atomic E-state index is -0.318. The van der Waals surface area contributed by atoms with E-state index in [1.165, 1.54) is 5.56 Å². The van der Waals surface area contributed by atoms with E-state index in [2.05, 4.69) is 17.1 Å². The Morgan fingerprint density at radius 1 is 1.10 bits per heavy atom. The highest BCUT2D eigenvalue weighted by Gasteiger charge is 2.49. The second-order valence-electron chi connectivity index (χ2n) is 7.42. The Bertz CT molecular complexity index is 1130. The smallest absolute Gasteiger partial charge is 0.251 e. The predicted molar refractivity (Wildman–Crippen MR) is 114 cm³/mol. The van der Waals surface area contributed by atoms with Crippen molar-refractivity contribution < 1.29 is 14.3 Å². The van der Waals surface area contributed by atoms with E-state index in [0.717, 1.165) is 22.2 Å². The summed E-state index contributed by atoms with van der Waals surface area (Å²) in [5.74, 6) is 1.43. The van der Waals surface area contributed by atoms with Gasteiger partial charge in [0.25, 0.3) is 5.91 Å². The van der Waals surface area contributed by atoms with Crippen molar-refractivity contribution in [2.75, 3.05) is 21.3 Å². The zero-order valence-corrected chi connectivity index (χ0v) is 17.2. The zero-order chi connectivity index (χ0) is 20.3. The van der Waals surface area contributed by atoms with Crippen LogP contribution in [-0.2, 0) is 11.2 Å². The van der Waals surface area contributed by atoms with Gasteiger partial charge in [0.15, 0.2) is 5.11 Å². The molecule has 6 nitrogen and oxygen atoms in total. The minimum absolute atomic E-state index is 0.0331. The predicted octanol–water partition coefficient (Wildman–Crippen LogP) is 3.26. The van der Waals surface area contributed by atoms with Gasteiger partial charge in [0.05, 0.1) is 20.3 Å². The third kappa shape index (κ3) is 2.54. The van der Waals surface area contributed by atoms with Crippen molar-refractivity contribution >= 4 is 34.1 Å². The number of benzene rings is 2. The molecule has 0 saturated carbocycles. The number of hydrogen-bond acceptors (Lipinski definition) is 4. The standard InChI is InChI=1S/C22H21N3O3S/c1-24-21(26)18-11-16-15-6-4-5-7-17(15)23-19(16)20(25(18)22(24)29)12-8-13(27-2)10-14(9-12)28-3/h4-10,18,20,23H,11H2,1-3H3/t18-,20+/m0/s1. The lowest BCUT2D eigenvalue weighted by Gasteiger charge is -2.37. The number of aromatic amines is 1. The summed E-state index contributed by atoms with van der Waals surface area (Å²) in [6.07, 6.45) is 0.625. The normalized spacial score (nSPS) is 20.8. The first-order valence-electron chi connectivity index (χ1n) is 9.45. The fourth-order valence-corrected chi connectivity index (χ4v) is 4.86. The first kappa shape index (κ1) is 18.0. The number of para-hydroxylation sites is 1. The van der Waals surface area contributed by atoms with E-state index in [1.54, 1.807) is 26.2 Å². The van der Waals surface area contributed by atoms with Crippen LogP contribution in [0.1, 0.15) is 22.9 Å². The molecule has 2 aliphatic rings. The van der Waals surface area contributed by atoms with Gasteiger partial charge < -0.3 is 19.4 Å². The number of H-pyrrole nitrogens is 1. The van der Waals surface area contributed by atoms with Crippen LogP contribution in [0.5, 0.6) is 11.5 Å². The van der Waals surface area contributed by atoms with Gasteiger partial charge >= 0.3 is 0 Å². The Kier molecular flexibility index (Phi) is 4.03. The molecule has 0 aliphatic carbocycles. The first-order chi connectivity index (χ1) is 14.0. The molecule has 2 atom stereocenters. The van der Waals surface area contributed by atoms with Crippen molar-refractivity contribution in [3.05, 3.63) is 59.3 Å². The molecule has 1 aromatic heterocycles. The number of fused-ring (bicyclic) bond motifs is 4. The number of thiocarbonyl (C=S) groups is 1. The molecule has 2 aliphatic heterocycles. The minimum Gasteiger partial charge on any atom is -0.497 e. The fourth-order valence-electron chi connectivity index (χ4n) is 4.54. The summed E-state index contributed by atoms with van der Waals surface area (Å²) in [5.41, 5.74) is 4.25. The topological polar surface area (TPSA) is 57.8 Å². The average molecular weight is 407 g/mol. The summed E-state index contributed by atoms with van der Waals surface area (Å²) in [6.45, 7) is 0. The maximum absolute atomic E-state index is 13.0. The van der Waals surface area contributed by atoms with Crippen molar-refractivity contribution in [2.24, 2.45) is 0 Å². The molecule has 3 heterocycles. The molecule has 29 heavy (non-hydrogen) atoms. The molecule has 0 unspecified atom stereocenters. The molecule has 1 N–H and O–H groups in total. The maximum Gasteiger partial charge on any atom is 0.251 e. The number of rotatable bonds is 3. The van der Waals surface area contributed by atoms with Crippen molar-refractivity contribution in [1.82, 2.24) is 14.8 Å². The number of ether oxygens (including phenoxy) is 2. The van der Waals surface area contributed by atoms with Crippen LogP contribution < -0.4 is 9.47 Å². The van der Waals surface area contributed by atoms with Gasteiger partial charge in [-0.1, -0.05) is 18.2 Å². The number of nitrogens with zero attached hydrogens (tertiary/aromatic N) is 2. The van der Waals surface area contributed by atoms with E-state index in [4.69, 9.17) is 21.7 Å². The number of carbonyl (C=O) groups excluding carboxylic acids is 1. The molecule has 1 amide bonds. The Balaban J connectivity index is 1.78. The lowest BCUT2D eigenvalue weighted by Crippen LogP contribution is -2.44. The summed E-state index contributed by atoms with van der Waals surface area (Å²) in [6, 6.07) is 13.5. The number of aromatic nitrogens is 1. The SMILES string of the molecule is COc1cc(OC)cc([C@@H]2c3[nH]c4ccccc4c3C[C@H]3C(=O)N(C)C(=S)N23)c1. The van der Waals surface area contributed by atoms with Crippen LogP contribution in [-0.4, -0.2) is 53.1 Å². The number of hydrogen-bond donors (Lipinski definition) is 1. The average Bonchev–Trinajstić information content (AvgIpc) is 3.23. The van der Waals surface area contributed by atoms with E-state index in [9.17, 15) is 4.79 Å². The lowest BCUT2D eigenvalue weighted by atomic mass is 9.88. The summed E-state index contributed by atoms with van der Waals surface area (Å²) < 4.78 is 11.0. The second kappa shape index (κ2) is 6.49. The number of carbonyl (C=O) groups is 1. The molecular weight excluding hydrogens is 386 g/mol. The van der Waals surface area contributed by atoms with Gasteiger partial charge in [-0.3, -0.25) is 9.69 Å². The molecule has 5 rings (SSSR count). The third-order valence-electron chi connectivity index (χ3n) is 5.94. The van der Waals surface area contributed by atoms with E-state index in [1.807, 2.05) is 35.2 Å². The Morgan fingerprint density at radius 3 is 2.48 bits per heavy atom. The summed E-state index contributed by atoms with van der Waals surface area (Å²) in [5, 5.41) is 1.69. The Hall–Kier alpha value is -3.06. The zero-order valence-electron chi connectivity index (χ0n) is 16.4. The van der Waals surface area contributed by atoms with Crippen LogP contribution in [0.4, 0.5) is 0 Å². The quantitative estimate of drug-likeness (QED) is 0.676. The Labute approximate surface area is 174 Å².